The van der Waals surface area contributed by atoms with Crippen LogP contribution in [0.4, 0.5) is 0 Å². The monoisotopic (exact) mass is 305 g/mol. The highest BCUT2D eigenvalue weighted by molar-refractivity contribution is 7.11. The van der Waals surface area contributed by atoms with E-state index in [4.69, 9.17) is 4.52 Å². The van der Waals surface area contributed by atoms with Crippen LogP contribution in [0.15, 0.2) is 10.6 Å². The molecule has 2 aromatic rings. The quantitative estimate of drug-likeness (QED) is 0.852. The van der Waals surface area contributed by atoms with Crippen LogP contribution in [-0.4, -0.2) is 28.0 Å². The van der Waals surface area contributed by atoms with E-state index < -0.39 is 0 Å². The van der Waals surface area contributed by atoms with Crippen LogP contribution in [-0.2, 0) is 17.8 Å². The molecular weight excluding hydrogens is 286 g/mol. The van der Waals surface area contributed by atoms with Crippen LogP contribution in [0.25, 0.3) is 0 Å². The van der Waals surface area contributed by atoms with E-state index in [1.165, 1.54) is 12.8 Å². The third-order valence-corrected chi connectivity index (χ3v) is 4.77. The standard InChI is InChI=1S/C15H19N3O2S/c1-9-14(21-10(2)16-9)7-15(19)18(3)8-12-6-13(20-17-12)11-4-5-11/h6,11H,4-5,7-8H2,1-3H3. The maximum atomic E-state index is 12.3. The van der Waals surface area contributed by atoms with Crippen molar-refractivity contribution in [2.45, 2.75) is 45.6 Å². The van der Waals surface area contributed by atoms with Gasteiger partial charge in [-0.25, -0.2) is 4.98 Å². The minimum Gasteiger partial charge on any atom is -0.361 e. The van der Waals surface area contributed by atoms with Crippen molar-refractivity contribution >= 4 is 17.2 Å². The summed E-state index contributed by atoms with van der Waals surface area (Å²) >= 11 is 1.59. The summed E-state index contributed by atoms with van der Waals surface area (Å²) in [6.45, 7) is 4.40. The summed E-state index contributed by atoms with van der Waals surface area (Å²) in [4.78, 5) is 19.4. The van der Waals surface area contributed by atoms with Gasteiger partial charge in [0.25, 0.3) is 0 Å². The predicted molar refractivity (Wildman–Crippen MR) is 80.2 cm³/mol. The molecule has 2 heterocycles. The van der Waals surface area contributed by atoms with Gasteiger partial charge in [-0.15, -0.1) is 11.3 Å². The summed E-state index contributed by atoms with van der Waals surface area (Å²) in [6.07, 6.45) is 2.78. The number of nitrogens with zero attached hydrogens (tertiary/aromatic N) is 3. The summed E-state index contributed by atoms with van der Waals surface area (Å²) in [5, 5.41) is 5.05. The molecule has 0 bridgehead atoms. The Morgan fingerprint density at radius 3 is 2.86 bits per heavy atom. The van der Waals surface area contributed by atoms with Crippen molar-refractivity contribution < 1.29 is 9.32 Å². The molecule has 0 atom stereocenters. The number of hydrogen-bond donors (Lipinski definition) is 0. The molecule has 5 nitrogen and oxygen atoms in total. The minimum absolute atomic E-state index is 0.0812. The Balaban J connectivity index is 1.59. The van der Waals surface area contributed by atoms with E-state index in [1.807, 2.05) is 19.9 Å². The van der Waals surface area contributed by atoms with Gasteiger partial charge >= 0.3 is 0 Å². The lowest BCUT2D eigenvalue weighted by Crippen LogP contribution is -2.27. The molecule has 0 unspecified atom stereocenters. The van der Waals surface area contributed by atoms with Gasteiger partial charge in [0, 0.05) is 23.9 Å². The highest BCUT2D eigenvalue weighted by Gasteiger charge is 2.28. The van der Waals surface area contributed by atoms with Gasteiger partial charge in [-0.1, -0.05) is 5.16 Å². The van der Waals surface area contributed by atoms with Gasteiger partial charge in [0.15, 0.2) is 0 Å². The Morgan fingerprint density at radius 1 is 1.48 bits per heavy atom. The van der Waals surface area contributed by atoms with Crippen LogP contribution in [0.1, 0.15) is 45.8 Å². The van der Waals surface area contributed by atoms with Gasteiger partial charge in [0.1, 0.15) is 11.5 Å². The molecule has 0 saturated heterocycles. The zero-order chi connectivity index (χ0) is 15.0. The molecule has 0 aromatic carbocycles. The van der Waals surface area contributed by atoms with Crippen LogP contribution in [0.3, 0.4) is 0 Å². The number of hydrogen-bond acceptors (Lipinski definition) is 5. The third kappa shape index (κ3) is 3.32. The van der Waals surface area contributed by atoms with Crippen molar-refractivity contribution in [1.29, 1.82) is 0 Å². The number of aryl methyl sites for hydroxylation is 2. The van der Waals surface area contributed by atoms with Crippen molar-refractivity contribution in [1.82, 2.24) is 15.0 Å². The van der Waals surface area contributed by atoms with Crippen molar-refractivity contribution in [3.8, 4) is 0 Å². The maximum Gasteiger partial charge on any atom is 0.227 e. The first kappa shape index (κ1) is 14.3. The molecule has 1 saturated carbocycles. The van der Waals surface area contributed by atoms with Gasteiger partial charge in [-0.05, 0) is 26.7 Å². The molecule has 2 aromatic heterocycles. The first-order chi connectivity index (χ1) is 10.0. The Kier molecular flexibility index (Phi) is 3.80. The molecule has 0 N–H and O–H groups in total. The Bertz CT molecular complexity index is 658. The van der Waals surface area contributed by atoms with E-state index in [-0.39, 0.29) is 5.91 Å². The highest BCUT2D eigenvalue weighted by atomic mass is 32.1. The molecular formula is C15H19N3O2S. The van der Waals surface area contributed by atoms with Gasteiger partial charge < -0.3 is 9.42 Å². The van der Waals surface area contributed by atoms with Crippen molar-refractivity contribution in [2.24, 2.45) is 0 Å². The largest absolute Gasteiger partial charge is 0.361 e. The van der Waals surface area contributed by atoms with E-state index in [0.717, 1.165) is 27.0 Å². The number of aromatic nitrogens is 2. The van der Waals surface area contributed by atoms with Crippen LogP contribution in [0.5, 0.6) is 0 Å². The van der Waals surface area contributed by atoms with E-state index >= 15 is 0 Å². The molecule has 0 aliphatic heterocycles. The first-order valence-electron chi connectivity index (χ1n) is 7.15. The van der Waals surface area contributed by atoms with Crippen molar-refractivity contribution in [2.75, 3.05) is 7.05 Å². The molecule has 6 heteroatoms. The molecule has 1 amide bonds. The Labute approximate surface area is 128 Å². The molecule has 0 spiro atoms. The second-order valence-corrected chi connectivity index (χ2v) is 6.95. The fourth-order valence-electron chi connectivity index (χ4n) is 2.30. The van der Waals surface area contributed by atoms with E-state index in [2.05, 4.69) is 10.1 Å². The zero-order valence-corrected chi connectivity index (χ0v) is 13.4. The van der Waals surface area contributed by atoms with Gasteiger partial charge in [-0.3, -0.25) is 4.79 Å². The average molecular weight is 305 g/mol. The number of amides is 1. The van der Waals surface area contributed by atoms with Crippen LogP contribution in [0, 0.1) is 13.8 Å². The summed E-state index contributed by atoms with van der Waals surface area (Å²) < 4.78 is 5.31. The molecule has 112 valence electrons. The number of thiazole rings is 1. The Morgan fingerprint density at radius 2 is 2.24 bits per heavy atom. The molecule has 1 aliphatic carbocycles. The van der Waals surface area contributed by atoms with Crippen LogP contribution in [0.2, 0.25) is 0 Å². The molecule has 3 rings (SSSR count). The van der Waals surface area contributed by atoms with Crippen molar-refractivity contribution in [3.63, 3.8) is 0 Å². The summed E-state index contributed by atoms with van der Waals surface area (Å²) in [5.41, 5.74) is 1.78. The third-order valence-electron chi connectivity index (χ3n) is 3.69. The highest BCUT2D eigenvalue weighted by Crippen LogP contribution is 2.40. The fraction of sp³-hybridized carbons (Fsp3) is 0.533. The number of carbonyl (C=O) groups excluding carboxylic acids is 1. The average Bonchev–Trinajstić information content (AvgIpc) is 3.10. The van der Waals surface area contributed by atoms with E-state index in [1.54, 1.807) is 23.3 Å². The lowest BCUT2D eigenvalue weighted by molar-refractivity contribution is -0.129. The van der Waals surface area contributed by atoms with Gasteiger partial charge in [0.2, 0.25) is 5.91 Å². The normalized spacial score (nSPS) is 14.4. The molecule has 1 aliphatic rings. The second kappa shape index (κ2) is 5.60. The molecule has 1 fully saturated rings. The maximum absolute atomic E-state index is 12.3. The lowest BCUT2D eigenvalue weighted by Gasteiger charge is -2.15. The van der Waals surface area contributed by atoms with Gasteiger partial charge in [0.05, 0.1) is 23.7 Å². The van der Waals surface area contributed by atoms with Crippen LogP contribution < -0.4 is 0 Å². The molecule has 21 heavy (non-hydrogen) atoms. The van der Waals surface area contributed by atoms with E-state index in [9.17, 15) is 4.79 Å². The van der Waals surface area contributed by atoms with Crippen LogP contribution >= 0.6 is 11.3 Å². The summed E-state index contributed by atoms with van der Waals surface area (Å²) in [5.74, 6) is 1.59. The SMILES string of the molecule is Cc1nc(C)c(CC(=O)N(C)Cc2cc(C3CC3)on2)s1. The number of rotatable bonds is 5. The summed E-state index contributed by atoms with van der Waals surface area (Å²) in [6, 6.07) is 1.98. The topological polar surface area (TPSA) is 59.2 Å². The number of likely N-dealkylation sites (N-methyl/N-ethyl adjacent to an activating group) is 1. The predicted octanol–water partition coefficient (Wildman–Crippen LogP) is 2.83. The lowest BCUT2D eigenvalue weighted by atomic mass is 10.2. The van der Waals surface area contributed by atoms with E-state index in [0.29, 0.717) is 18.9 Å². The zero-order valence-electron chi connectivity index (χ0n) is 12.5. The smallest absolute Gasteiger partial charge is 0.227 e. The second-order valence-electron chi connectivity index (χ2n) is 5.66. The minimum atomic E-state index is 0.0812. The summed E-state index contributed by atoms with van der Waals surface area (Å²) in [7, 11) is 1.80. The Hall–Kier alpha value is -1.69. The number of carbonyl (C=O) groups is 1. The van der Waals surface area contributed by atoms with Crippen molar-refractivity contribution in [3.05, 3.63) is 33.1 Å². The molecule has 0 radical (unpaired) electrons. The van der Waals surface area contributed by atoms with Gasteiger partial charge in [-0.2, -0.15) is 0 Å². The first-order valence-corrected chi connectivity index (χ1v) is 7.97. The fourth-order valence-corrected chi connectivity index (χ4v) is 3.23.